The molecule has 0 atom stereocenters. The second kappa shape index (κ2) is 7.15. The number of alkyl halides is 1. The highest BCUT2D eigenvalue weighted by Crippen LogP contribution is 2.18. The summed E-state index contributed by atoms with van der Waals surface area (Å²) in [7, 11) is 0. The Kier molecular flexibility index (Phi) is 5.25. The van der Waals surface area contributed by atoms with Crippen molar-refractivity contribution in [3.63, 3.8) is 0 Å². The molecule has 108 valence electrons. The van der Waals surface area contributed by atoms with E-state index in [1.165, 1.54) is 17.2 Å². The summed E-state index contributed by atoms with van der Waals surface area (Å²) in [6, 6.07) is 10.9. The molecule has 0 unspecified atom stereocenters. The molecular formula is C18H16ClFO. The van der Waals surface area contributed by atoms with E-state index >= 15 is 0 Å². The second-order valence-electron chi connectivity index (χ2n) is 4.86. The Morgan fingerprint density at radius 2 is 1.81 bits per heavy atom. The Morgan fingerprint density at radius 1 is 1.10 bits per heavy atom. The van der Waals surface area contributed by atoms with Gasteiger partial charge in [-0.15, -0.1) is 11.6 Å². The average Bonchev–Trinajstić information content (AvgIpc) is 2.43. The van der Waals surface area contributed by atoms with Crippen molar-refractivity contribution in [2.45, 2.75) is 20.5 Å². The first-order valence-electron chi connectivity index (χ1n) is 6.63. The van der Waals surface area contributed by atoms with Gasteiger partial charge in [0.15, 0.2) is 0 Å². The Bertz CT molecular complexity index is 678. The summed E-state index contributed by atoms with van der Waals surface area (Å²) in [5, 5.41) is 0. The van der Waals surface area contributed by atoms with Gasteiger partial charge in [0.2, 0.25) is 0 Å². The number of rotatable bonds is 3. The van der Waals surface area contributed by atoms with E-state index in [-0.39, 0.29) is 5.88 Å². The van der Waals surface area contributed by atoms with Gasteiger partial charge in [-0.3, -0.25) is 0 Å². The molecule has 0 heterocycles. The standard InChI is InChI=1S/C18H16ClFO/c1-13-8-14(2)10-15(9-13)12-21-17-6-5-16(4-3-7-19)18(20)11-17/h5-6,8-11H,7,12H2,1-2H3. The van der Waals surface area contributed by atoms with Crippen molar-refractivity contribution >= 4 is 11.6 Å². The number of hydrogen-bond donors (Lipinski definition) is 0. The van der Waals surface area contributed by atoms with Crippen molar-refractivity contribution < 1.29 is 9.13 Å². The summed E-state index contributed by atoms with van der Waals surface area (Å²) < 4.78 is 19.4. The van der Waals surface area contributed by atoms with Crippen LogP contribution in [0, 0.1) is 31.5 Å². The Hall–Kier alpha value is -1.98. The molecule has 0 aromatic heterocycles. The maximum absolute atomic E-state index is 13.8. The summed E-state index contributed by atoms with van der Waals surface area (Å²) in [5.41, 5.74) is 3.77. The van der Waals surface area contributed by atoms with Gasteiger partial charge in [-0.1, -0.05) is 41.2 Å². The van der Waals surface area contributed by atoms with E-state index < -0.39 is 5.82 Å². The second-order valence-corrected chi connectivity index (χ2v) is 5.13. The van der Waals surface area contributed by atoms with E-state index in [0.29, 0.717) is 17.9 Å². The van der Waals surface area contributed by atoms with Crippen LogP contribution in [0.25, 0.3) is 0 Å². The molecule has 0 aliphatic rings. The third kappa shape index (κ3) is 4.51. The van der Waals surface area contributed by atoms with Crippen molar-refractivity contribution in [2.75, 3.05) is 5.88 Å². The van der Waals surface area contributed by atoms with E-state index in [1.54, 1.807) is 12.1 Å². The van der Waals surface area contributed by atoms with E-state index in [0.717, 1.165) is 5.56 Å². The first kappa shape index (κ1) is 15.4. The van der Waals surface area contributed by atoms with E-state index in [4.69, 9.17) is 16.3 Å². The van der Waals surface area contributed by atoms with Crippen LogP contribution < -0.4 is 4.74 Å². The molecule has 0 amide bonds. The molecule has 2 aromatic rings. The lowest BCUT2D eigenvalue weighted by Gasteiger charge is -2.08. The van der Waals surface area contributed by atoms with Gasteiger partial charge in [0.05, 0.1) is 11.4 Å². The van der Waals surface area contributed by atoms with Gasteiger partial charge < -0.3 is 4.74 Å². The molecule has 0 N–H and O–H groups in total. The van der Waals surface area contributed by atoms with Gasteiger partial charge in [-0.25, -0.2) is 4.39 Å². The van der Waals surface area contributed by atoms with E-state index in [2.05, 4.69) is 30.0 Å². The van der Waals surface area contributed by atoms with E-state index in [9.17, 15) is 4.39 Å². The normalized spacial score (nSPS) is 9.90. The lowest BCUT2D eigenvalue weighted by atomic mass is 10.1. The molecule has 0 aliphatic heterocycles. The molecule has 2 rings (SSSR count). The van der Waals surface area contributed by atoms with Crippen molar-refractivity contribution in [2.24, 2.45) is 0 Å². The smallest absolute Gasteiger partial charge is 0.142 e. The summed E-state index contributed by atoms with van der Waals surface area (Å²) in [5.74, 6) is 5.57. The van der Waals surface area contributed by atoms with Crippen LogP contribution >= 0.6 is 11.6 Å². The highest BCUT2D eigenvalue weighted by molar-refractivity contribution is 6.19. The predicted octanol–water partition coefficient (Wildman–Crippen LogP) is 4.61. The quantitative estimate of drug-likeness (QED) is 0.594. The summed E-state index contributed by atoms with van der Waals surface area (Å²) in [6.45, 7) is 4.50. The molecule has 3 heteroatoms. The van der Waals surface area contributed by atoms with Crippen molar-refractivity contribution in [3.05, 3.63) is 64.5 Å². The maximum atomic E-state index is 13.8. The number of benzene rings is 2. The summed E-state index contributed by atoms with van der Waals surface area (Å²) in [6.07, 6.45) is 0. The molecule has 2 aromatic carbocycles. The monoisotopic (exact) mass is 302 g/mol. The zero-order valence-electron chi connectivity index (χ0n) is 12.0. The Morgan fingerprint density at radius 3 is 2.43 bits per heavy atom. The van der Waals surface area contributed by atoms with Gasteiger partial charge in [0.25, 0.3) is 0 Å². The first-order chi connectivity index (χ1) is 10.1. The Labute approximate surface area is 129 Å². The molecule has 0 bridgehead atoms. The molecule has 0 radical (unpaired) electrons. The minimum atomic E-state index is -0.398. The highest BCUT2D eigenvalue weighted by Gasteiger charge is 2.03. The molecule has 0 aliphatic carbocycles. The van der Waals surface area contributed by atoms with Gasteiger partial charge in [0.1, 0.15) is 18.2 Å². The average molecular weight is 303 g/mol. The number of ether oxygens (including phenoxy) is 1. The van der Waals surface area contributed by atoms with Gasteiger partial charge >= 0.3 is 0 Å². The SMILES string of the molecule is Cc1cc(C)cc(COc2ccc(C#CCCl)c(F)c2)c1. The number of hydrogen-bond acceptors (Lipinski definition) is 1. The number of aryl methyl sites for hydroxylation is 2. The maximum Gasteiger partial charge on any atom is 0.142 e. The minimum absolute atomic E-state index is 0.185. The molecule has 1 nitrogen and oxygen atoms in total. The highest BCUT2D eigenvalue weighted by atomic mass is 35.5. The lowest BCUT2D eigenvalue weighted by molar-refractivity contribution is 0.304. The van der Waals surface area contributed by atoms with Crippen molar-refractivity contribution in [1.82, 2.24) is 0 Å². The molecule has 0 spiro atoms. The zero-order chi connectivity index (χ0) is 15.2. The molecule has 0 saturated heterocycles. The van der Waals surface area contributed by atoms with Gasteiger partial charge in [-0.2, -0.15) is 0 Å². The third-order valence-electron chi connectivity index (χ3n) is 2.92. The zero-order valence-corrected chi connectivity index (χ0v) is 12.8. The van der Waals surface area contributed by atoms with E-state index in [1.807, 2.05) is 13.8 Å². The third-order valence-corrected chi connectivity index (χ3v) is 3.05. The van der Waals surface area contributed by atoms with Crippen LogP contribution in [0.5, 0.6) is 5.75 Å². The molecule has 0 fully saturated rings. The molecule has 21 heavy (non-hydrogen) atoms. The first-order valence-corrected chi connectivity index (χ1v) is 7.16. The largest absolute Gasteiger partial charge is 0.489 e. The van der Waals surface area contributed by atoms with Crippen LogP contribution in [0.2, 0.25) is 0 Å². The van der Waals surface area contributed by atoms with Crippen LogP contribution in [0.3, 0.4) is 0 Å². The van der Waals surface area contributed by atoms with Crippen LogP contribution in [0.1, 0.15) is 22.3 Å². The minimum Gasteiger partial charge on any atom is -0.489 e. The molecular weight excluding hydrogens is 287 g/mol. The van der Waals surface area contributed by atoms with Crippen LogP contribution in [0.4, 0.5) is 4.39 Å². The topological polar surface area (TPSA) is 9.23 Å². The fourth-order valence-electron chi connectivity index (χ4n) is 2.13. The summed E-state index contributed by atoms with van der Waals surface area (Å²) in [4.78, 5) is 0. The fourth-order valence-corrected chi connectivity index (χ4v) is 2.20. The van der Waals surface area contributed by atoms with Crippen LogP contribution in [-0.4, -0.2) is 5.88 Å². The van der Waals surface area contributed by atoms with Crippen LogP contribution in [0.15, 0.2) is 36.4 Å². The van der Waals surface area contributed by atoms with Gasteiger partial charge in [-0.05, 0) is 31.5 Å². The fraction of sp³-hybridized carbons (Fsp3) is 0.222. The summed E-state index contributed by atoms with van der Waals surface area (Å²) >= 11 is 5.46. The predicted molar refractivity (Wildman–Crippen MR) is 84.2 cm³/mol. The van der Waals surface area contributed by atoms with Crippen molar-refractivity contribution in [1.29, 1.82) is 0 Å². The van der Waals surface area contributed by atoms with Crippen LogP contribution in [-0.2, 0) is 6.61 Å². The van der Waals surface area contributed by atoms with Gasteiger partial charge in [0, 0.05) is 6.07 Å². The van der Waals surface area contributed by atoms with Crippen molar-refractivity contribution in [3.8, 4) is 17.6 Å². The molecule has 0 saturated carbocycles. The lowest BCUT2D eigenvalue weighted by Crippen LogP contribution is -1.97. The Balaban J connectivity index is 2.08. The number of halogens is 2.